The van der Waals surface area contributed by atoms with Gasteiger partial charge in [-0.05, 0) is 11.5 Å². The van der Waals surface area contributed by atoms with Crippen molar-refractivity contribution in [3.05, 3.63) is 27.1 Å². The number of halogens is 2. The molecule has 2 atom stereocenters. The molecule has 1 aromatic rings. The summed E-state index contributed by atoms with van der Waals surface area (Å²) >= 11 is 1.24. The van der Waals surface area contributed by atoms with E-state index in [0.717, 1.165) is 38.2 Å². The number of nitrogens with zero attached hydrogens (tertiary/aromatic N) is 2. The summed E-state index contributed by atoms with van der Waals surface area (Å²) in [5.41, 5.74) is 1.10. The van der Waals surface area contributed by atoms with Crippen LogP contribution in [0, 0.1) is 16.0 Å². The second-order valence-electron chi connectivity index (χ2n) is 5.09. The van der Waals surface area contributed by atoms with Gasteiger partial charge in [-0.2, -0.15) is 0 Å². The van der Waals surface area contributed by atoms with Gasteiger partial charge in [-0.1, -0.05) is 31.6 Å². The Hall–Kier alpha value is -0.400. The Morgan fingerprint density at radius 3 is 2.52 bits per heavy atom. The summed E-state index contributed by atoms with van der Waals surface area (Å²) in [4.78, 5) is 13.0. The lowest BCUT2D eigenvalue weighted by atomic mass is 9.92. The van der Waals surface area contributed by atoms with Crippen molar-refractivity contribution in [1.82, 2.24) is 10.2 Å². The predicted octanol–water partition coefficient (Wildman–Crippen LogP) is 3.49. The molecule has 1 aliphatic rings. The second-order valence-corrected chi connectivity index (χ2v) is 5.98. The molecule has 1 N–H and O–H groups in total. The Labute approximate surface area is 142 Å². The fourth-order valence-electron chi connectivity index (χ4n) is 2.67. The number of hydrogen-bond donors (Lipinski definition) is 1. The lowest BCUT2D eigenvalue weighted by Gasteiger charge is -2.37. The second kappa shape index (κ2) is 9.58. The molecule has 1 unspecified atom stereocenters. The Bertz CT molecular complexity index is 439. The topological polar surface area (TPSA) is 58.4 Å². The first-order valence-corrected chi connectivity index (χ1v) is 7.69. The van der Waals surface area contributed by atoms with Gasteiger partial charge in [0.25, 0.3) is 0 Å². The number of rotatable bonds is 5. The average molecular weight is 356 g/mol. The third-order valence-electron chi connectivity index (χ3n) is 3.86. The highest BCUT2D eigenvalue weighted by Crippen LogP contribution is 2.35. The smallest absolute Gasteiger partial charge is 0.314 e. The first-order chi connectivity index (χ1) is 9.13. The zero-order chi connectivity index (χ0) is 13.8. The van der Waals surface area contributed by atoms with E-state index in [9.17, 15) is 10.1 Å². The van der Waals surface area contributed by atoms with Gasteiger partial charge in [-0.25, -0.2) is 0 Å². The van der Waals surface area contributed by atoms with Gasteiger partial charge in [0.1, 0.15) is 0 Å². The van der Waals surface area contributed by atoms with E-state index in [1.54, 1.807) is 6.07 Å². The number of piperazine rings is 1. The van der Waals surface area contributed by atoms with E-state index in [-0.39, 0.29) is 34.7 Å². The highest BCUT2D eigenvalue weighted by Gasteiger charge is 2.28. The summed E-state index contributed by atoms with van der Waals surface area (Å²) < 4.78 is 0. The first kappa shape index (κ1) is 20.6. The molecule has 0 saturated carbocycles. The molecule has 1 aromatic heterocycles. The summed E-state index contributed by atoms with van der Waals surface area (Å²) in [6.45, 7) is 8.44. The molecular weight excluding hydrogens is 333 g/mol. The molecule has 21 heavy (non-hydrogen) atoms. The standard InChI is InChI=1S/C13H21N3O2S.2ClH/c1-3-10(2)13(15-6-4-14-5-7-15)11-8-12(16(17)18)19-9-11;;/h8-10,13-14H,3-7H2,1-2H3;2*1H/t10?,13-;;/m1../s1. The highest BCUT2D eigenvalue weighted by molar-refractivity contribution is 7.13. The quantitative estimate of drug-likeness (QED) is 0.648. The van der Waals surface area contributed by atoms with Crippen LogP contribution in [0.5, 0.6) is 0 Å². The monoisotopic (exact) mass is 355 g/mol. The summed E-state index contributed by atoms with van der Waals surface area (Å²) in [5, 5.41) is 16.4. The van der Waals surface area contributed by atoms with Crippen LogP contribution in [0.1, 0.15) is 31.9 Å². The van der Waals surface area contributed by atoms with Crippen LogP contribution in [0.2, 0.25) is 0 Å². The van der Waals surface area contributed by atoms with Gasteiger partial charge >= 0.3 is 5.00 Å². The van der Waals surface area contributed by atoms with Crippen LogP contribution >= 0.6 is 36.2 Å². The van der Waals surface area contributed by atoms with Gasteiger partial charge in [0, 0.05) is 43.7 Å². The van der Waals surface area contributed by atoms with Crippen LogP contribution in [-0.4, -0.2) is 36.0 Å². The van der Waals surface area contributed by atoms with Crippen molar-refractivity contribution in [2.45, 2.75) is 26.3 Å². The number of nitro groups is 1. The first-order valence-electron chi connectivity index (χ1n) is 6.81. The van der Waals surface area contributed by atoms with Crippen LogP contribution in [0.4, 0.5) is 5.00 Å². The van der Waals surface area contributed by atoms with E-state index >= 15 is 0 Å². The molecular formula is C13H23Cl2N3O2S. The minimum atomic E-state index is -0.292. The zero-order valence-electron chi connectivity index (χ0n) is 12.3. The zero-order valence-corrected chi connectivity index (χ0v) is 14.7. The average Bonchev–Trinajstić information content (AvgIpc) is 2.89. The number of thiophene rings is 1. The molecule has 0 aliphatic carbocycles. The normalized spacial score (nSPS) is 18.2. The van der Waals surface area contributed by atoms with E-state index in [1.807, 2.05) is 5.38 Å². The molecule has 5 nitrogen and oxygen atoms in total. The van der Waals surface area contributed by atoms with Crippen LogP contribution < -0.4 is 5.32 Å². The van der Waals surface area contributed by atoms with Gasteiger partial charge in [0.15, 0.2) is 0 Å². The molecule has 122 valence electrons. The van der Waals surface area contributed by atoms with Crippen LogP contribution in [0.25, 0.3) is 0 Å². The van der Waals surface area contributed by atoms with Gasteiger partial charge in [0.2, 0.25) is 0 Å². The van der Waals surface area contributed by atoms with E-state index in [2.05, 4.69) is 24.1 Å². The van der Waals surface area contributed by atoms with Gasteiger partial charge in [-0.3, -0.25) is 15.0 Å². The summed E-state index contributed by atoms with van der Waals surface area (Å²) in [6.07, 6.45) is 1.08. The fraction of sp³-hybridized carbons (Fsp3) is 0.692. The number of nitrogens with one attached hydrogen (secondary N) is 1. The van der Waals surface area contributed by atoms with E-state index < -0.39 is 0 Å². The maximum absolute atomic E-state index is 10.8. The fourth-order valence-corrected chi connectivity index (χ4v) is 3.43. The Kier molecular flexibility index (Phi) is 9.40. The lowest BCUT2D eigenvalue weighted by molar-refractivity contribution is -0.380. The van der Waals surface area contributed by atoms with Crippen molar-refractivity contribution in [3.8, 4) is 0 Å². The van der Waals surface area contributed by atoms with Crippen LogP contribution in [0.15, 0.2) is 11.4 Å². The third-order valence-corrected chi connectivity index (χ3v) is 4.75. The molecule has 0 bridgehead atoms. The molecule has 0 aromatic carbocycles. The van der Waals surface area contributed by atoms with Gasteiger partial charge < -0.3 is 5.32 Å². The molecule has 1 saturated heterocycles. The van der Waals surface area contributed by atoms with Crippen molar-refractivity contribution in [1.29, 1.82) is 0 Å². The predicted molar refractivity (Wildman–Crippen MR) is 92.1 cm³/mol. The van der Waals surface area contributed by atoms with Gasteiger partial charge in [-0.15, -0.1) is 24.8 Å². The summed E-state index contributed by atoms with van der Waals surface area (Å²) in [5.74, 6) is 0.507. The summed E-state index contributed by atoms with van der Waals surface area (Å²) in [6, 6.07) is 2.06. The largest absolute Gasteiger partial charge is 0.324 e. The van der Waals surface area contributed by atoms with Gasteiger partial charge in [0.05, 0.1) is 4.92 Å². The van der Waals surface area contributed by atoms with Crippen LogP contribution in [-0.2, 0) is 0 Å². The van der Waals surface area contributed by atoms with Crippen molar-refractivity contribution in [2.24, 2.45) is 5.92 Å². The molecule has 0 amide bonds. The van der Waals surface area contributed by atoms with Crippen LogP contribution in [0.3, 0.4) is 0 Å². The van der Waals surface area contributed by atoms with Crippen molar-refractivity contribution < 1.29 is 4.92 Å². The summed E-state index contributed by atoms with van der Waals surface area (Å²) in [7, 11) is 0. The molecule has 1 fully saturated rings. The molecule has 2 heterocycles. The highest BCUT2D eigenvalue weighted by atomic mass is 35.5. The Balaban J connectivity index is 0.00000200. The molecule has 2 rings (SSSR count). The Morgan fingerprint density at radius 2 is 2.05 bits per heavy atom. The van der Waals surface area contributed by atoms with E-state index in [4.69, 9.17) is 0 Å². The molecule has 0 radical (unpaired) electrons. The van der Waals surface area contributed by atoms with E-state index in [0.29, 0.717) is 12.0 Å². The van der Waals surface area contributed by atoms with Crippen molar-refractivity contribution >= 4 is 41.2 Å². The SMILES string of the molecule is CCC(C)[C@H](c1csc([N+](=O)[O-])c1)N1CCNCC1.Cl.Cl. The number of hydrogen-bond acceptors (Lipinski definition) is 5. The maximum Gasteiger partial charge on any atom is 0.324 e. The molecule has 0 spiro atoms. The minimum Gasteiger partial charge on any atom is -0.314 e. The van der Waals surface area contributed by atoms with Crippen molar-refractivity contribution in [3.63, 3.8) is 0 Å². The third kappa shape index (κ3) is 5.07. The molecule has 1 aliphatic heterocycles. The van der Waals surface area contributed by atoms with Crippen molar-refractivity contribution in [2.75, 3.05) is 26.2 Å². The Morgan fingerprint density at radius 1 is 1.43 bits per heavy atom. The maximum atomic E-state index is 10.8. The van der Waals surface area contributed by atoms with E-state index in [1.165, 1.54) is 11.3 Å². The minimum absolute atomic E-state index is 0. The molecule has 8 heteroatoms. The lowest BCUT2D eigenvalue weighted by Crippen LogP contribution is -2.46.